The maximum Gasteiger partial charge on any atom is 0.138 e. The van der Waals surface area contributed by atoms with Gasteiger partial charge < -0.3 is 11.1 Å². The molecule has 1 fully saturated rings. The van der Waals surface area contributed by atoms with Gasteiger partial charge in [-0.1, -0.05) is 6.07 Å². The van der Waals surface area contributed by atoms with Gasteiger partial charge in [0, 0.05) is 25.0 Å². The zero-order chi connectivity index (χ0) is 11.0. The first-order valence-electron chi connectivity index (χ1n) is 5.74. The number of nitrogens with two attached hydrogens (primary N) is 1. The highest BCUT2D eigenvalue weighted by Crippen LogP contribution is 2.25. The number of hydrogen-bond donors (Lipinski definition) is 2. The Morgan fingerprint density at radius 3 is 3.12 bits per heavy atom. The monoisotopic (exact) mass is 216 g/mol. The molecule has 2 aromatic rings. The third-order valence-corrected chi connectivity index (χ3v) is 3.27. The molecule has 1 aliphatic rings. The van der Waals surface area contributed by atoms with Crippen molar-refractivity contribution in [3.8, 4) is 0 Å². The van der Waals surface area contributed by atoms with Gasteiger partial charge in [0.15, 0.2) is 0 Å². The van der Waals surface area contributed by atoms with Gasteiger partial charge in [0.05, 0.1) is 0 Å². The number of imidazole rings is 1. The molecule has 0 unspecified atom stereocenters. The smallest absolute Gasteiger partial charge is 0.138 e. The Hall–Kier alpha value is -1.55. The van der Waals surface area contributed by atoms with Crippen molar-refractivity contribution in [2.45, 2.75) is 18.9 Å². The summed E-state index contributed by atoms with van der Waals surface area (Å²) < 4.78 is 2.07. The van der Waals surface area contributed by atoms with E-state index in [-0.39, 0.29) is 0 Å². The zero-order valence-electron chi connectivity index (χ0n) is 9.13. The minimum atomic E-state index is 0.427. The van der Waals surface area contributed by atoms with Crippen LogP contribution in [0.4, 0.5) is 5.82 Å². The Morgan fingerprint density at radius 2 is 2.31 bits per heavy atom. The minimum Gasteiger partial charge on any atom is -0.371 e. The number of hydrogen-bond acceptors (Lipinski definition) is 3. The van der Waals surface area contributed by atoms with Crippen LogP contribution in [-0.2, 0) is 0 Å². The first-order valence-corrected chi connectivity index (χ1v) is 5.74. The summed E-state index contributed by atoms with van der Waals surface area (Å²) in [5, 5.41) is 3.46. The summed E-state index contributed by atoms with van der Waals surface area (Å²) in [7, 11) is 0. The molecule has 0 spiro atoms. The van der Waals surface area contributed by atoms with Gasteiger partial charge in [-0.25, -0.2) is 4.98 Å². The zero-order valence-corrected chi connectivity index (χ0v) is 9.13. The van der Waals surface area contributed by atoms with E-state index in [1.54, 1.807) is 0 Å². The van der Waals surface area contributed by atoms with Crippen LogP contribution >= 0.6 is 0 Å². The topological polar surface area (TPSA) is 55.3 Å². The first kappa shape index (κ1) is 9.66. The summed E-state index contributed by atoms with van der Waals surface area (Å²) in [6.07, 6.45) is 6.09. The van der Waals surface area contributed by atoms with Crippen molar-refractivity contribution < 1.29 is 0 Å². The Morgan fingerprint density at radius 1 is 1.44 bits per heavy atom. The summed E-state index contributed by atoms with van der Waals surface area (Å²) in [5.41, 5.74) is 6.75. The molecule has 2 heterocycles. The number of fused-ring (bicyclic) bond motifs is 1. The second-order valence-corrected chi connectivity index (χ2v) is 4.54. The van der Waals surface area contributed by atoms with Crippen LogP contribution in [0.15, 0.2) is 30.6 Å². The van der Waals surface area contributed by atoms with Gasteiger partial charge in [-0.05, 0) is 30.9 Å². The SMILES string of the molecule is NC1CC(CNc2cccc3nccn23)C1. The molecule has 1 aliphatic carbocycles. The highest BCUT2D eigenvalue weighted by atomic mass is 15.1. The van der Waals surface area contributed by atoms with E-state index >= 15 is 0 Å². The summed E-state index contributed by atoms with van der Waals surface area (Å²) in [6.45, 7) is 1.00. The van der Waals surface area contributed by atoms with Crippen LogP contribution < -0.4 is 11.1 Å². The molecule has 1 saturated carbocycles. The molecule has 0 bridgehead atoms. The van der Waals surface area contributed by atoms with Crippen molar-refractivity contribution in [3.63, 3.8) is 0 Å². The van der Waals surface area contributed by atoms with Crippen LogP contribution in [0.5, 0.6) is 0 Å². The van der Waals surface area contributed by atoms with Gasteiger partial charge in [-0.3, -0.25) is 4.40 Å². The van der Waals surface area contributed by atoms with Crippen molar-refractivity contribution in [3.05, 3.63) is 30.6 Å². The van der Waals surface area contributed by atoms with Crippen LogP contribution in [-0.4, -0.2) is 22.0 Å². The number of nitrogens with zero attached hydrogens (tertiary/aromatic N) is 2. The fraction of sp³-hybridized carbons (Fsp3) is 0.417. The quantitative estimate of drug-likeness (QED) is 0.817. The minimum absolute atomic E-state index is 0.427. The largest absolute Gasteiger partial charge is 0.371 e. The Labute approximate surface area is 94.5 Å². The van der Waals surface area contributed by atoms with Crippen molar-refractivity contribution in [1.29, 1.82) is 0 Å². The number of rotatable bonds is 3. The number of nitrogens with one attached hydrogen (secondary N) is 1. The molecule has 0 radical (unpaired) electrons. The molecule has 0 atom stereocenters. The first-order chi connectivity index (χ1) is 7.83. The Bertz CT molecular complexity index is 484. The van der Waals surface area contributed by atoms with E-state index in [0.717, 1.165) is 36.8 Å². The fourth-order valence-corrected chi connectivity index (χ4v) is 2.29. The molecule has 2 aromatic heterocycles. The normalized spacial score (nSPS) is 24.3. The molecular weight excluding hydrogens is 200 g/mol. The second kappa shape index (κ2) is 3.79. The fourth-order valence-electron chi connectivity index (χ4n) is 2.29. The highest BCUT2D eigenvalue weighted by molar-refractivity contribution is 5.49. The second-order valence-electron chi connectivity index (χ2n) is 4.54. The van der Waals surface area contributed by atoms with Gasteiger partial charge in [-0.2, -0.15) is 0 Å². The van der Waals surface area contributed by atoms with Crippen molar-refractivity contribution in [2.75, 3.05) is 11.9 Å². The summed E-state index contributed by atoms with van der Waals surface area (Å²) >= 11 is 0. The maximum absolute atomic E-state index is 5.77. The van der Waals surface area contributed by atoms with Crippen molar-refractivity contribution in [2.24, 2.45) is 11.7 Å². The third-order valence-electron chi connectivity index (χ3n) is 3.27. The van der Waals surface area contributed by atoms with E-state index in [1.165, 1.54) is 0 Å². The summed E-state index contributed by atoms with van der Waals surface area (Å²) in [5.74, 6) is 1.84. The average Bonchev–Trinajstić information content (AvgIpc) is 2.71. The lowest BCUT2D eigenvalue weighted by atomic mass is 9.81. The molecule has 3 N–H and O–H groups in total. The third kappa shape index (κ3) is 1.65. The lowest BCUT2D eigenvalue weighted by Crippen LogP contribution is -2.39. The molecular formula is C12H16N4. The van der Waals surface area contributed by atoms with E-state index in [2.05, 4.69) is 20.8 Å². The van der Waals surface area contributed by atoms with E-state index in [1.807, 2.05) is 24.5 Å². The van der Waals surface area contributed by atoms with Crippen LogP contribution in [0.2, 0.25) is 0 Å². The standard InChI is InChI=1S/C12H16N4/c13-10-6-9(7-10)8-15-12-3-1-2-11-14-4-5-16(11)12/h1-5,9-10,15H,6-8,13H2. The molecule has 4 heteroatoms. The molecule has 84 valence electrons. The van der Waals surface area contributed by atoms with Crippen LogP contribution in [0.25, 0.3) is 5.65 Å². The lowest BCUT2D eigenvalue weighted by molar-refractivity contribution is 0.280. The molecule has 4 nitrogen and oxygen atoms in total. The molecule has 0 aromatic carbocycles. The summed E-state index contributed by atoms with van der Waals surface area (Å²) in [4.78, 5) is 4.26. The predicted molar refractivity (Wildman–Crippen MR) is 64.4 cm³/mol. The lowest BCUT2D eigenvalue weighted by Gasteiger charge is -2.32. The molecule has 16 heavy (non-hydrogen) atoms. The average molecular weight is 216 g/mol. The van der Waals surface area contributed by atoms with Gasteiger partial charge >= 0.3 is 0 Å². The van der Waals surface area contributed by atoms with E-state index in [9.17, 15) is 0 Å². The molecule has 0 saturated heterocycles. The Kier molecular flexibility index (Phi) is 2.29. The summed E-state index contributed by atoms with van der Waals surface area (Å²) in [6, 6.07) is 6.53. The van der Waals surface area contributed by atoms with Gasteiger partial charge in [0.2, 0.25) is 0 Å². The maximum atomic E-state index is 5.77. The van der Waals surface area contributed by atoms with Crippen molar-refractivity contribution in [1.82, 2.24) is 9.38 Å². The predicted octanol–water partition coefficient (Wildman–Crippen LogP) is 1.48. The molecule has 3 rings (SSSR count). The van der Waals surface area contributed by atoms with Crippen LogP contribution in [0, 0.1) is 5.92 Å². The van der Waals surface area contributed by atoms with Gasteiger partial charge in [-0.15, -0.1) is 0 Å². The highest BCUT2D eigenvalue weighted by Gasteiger charge is 2.25. The van der Waals surface area contributed by atoms with Crippen molar-refractivity contribution >= 4 is 11.5 Å². The van der Waals surface area contributed by atoms with Crippen LogP contribution in [0.1, 0.15) is 12.8 Å². The number of anilines is 1. The van der Waals surface area contributed by atoms with E-state index < -0.39 is 0 Å². The van der Waals surface area contributed by atoms with E-state index in [0.29, 0.717) is 6.04 Å². The number of pyridine rings is 1. The van der Waals surface area contributed by atoms with Crippen LogP contribution in [0.3, 0.4) is 0 Å². The number of aromatic nitrogens is 2. The van der Waals surface area contributed by atoms with Gasteiger partial charge in [0.1, 0.15) is 11.5 Å². The van der Waals surface area contributed by atoms with Gasteiger partial charge in [0.25, 0.3) is 0 Å². The van der Waals surface area contributed by atoms with E-state index in [4.69, 9.17) is 5.73 Å². The Balaban J connectivity index is 1.71. The molecule has 0 aliphatic heterocycles. The molecule has 0 amide bonds.